The van der Waals surface area contributed by atoms with E-state index in [-0.39, 0.29) is 4.90 Å². The summed E-state index contributed by atoms with van der Waals surface area (Å²) in [6.45, 7) is 4.93. The Kier molecular flexibility index (Phi) is 9.48. The Hall–Kier alpha value is -1.64. The predicted octanol–water partition coefficient (Wildman–Crippen LogP) is 1.42. The first kappa shape index (κ1) is 21.4. The van der Waals surface area contributed by atoms with Gasteiger partial charge in [0.25, 0.3) is 0 Å². The fourth-order valence-corrected chi connectivity index (χ4v) is 2.98. The summed E-state index contributed by atoms with van der Waals surface area (Å²) in [5.41, 5.74) is 0.983. The van der Waals surface area contributed by atoms with Crippen LogP contribution >= 0.6 is 0 Å². The normalized spacial score (nSPS) is 12.4. The number of benzene rings is 1. The van der Waals surface area contributed by atoms with Gasteiger partial charge in [0, 0.05) is 47.4 Å². The molecule has 0 aliphatic carbocycles. The molecule has 0 amide bonds. The third-order valence-corrected chi connectivity index (χ3v) is 5.43. The number of aliphatic imine (C=N–C) groups is 1. The average Bonchev–Trinajstić information content (AvgIpc) is 2.60. The molecule has 0 spiro atoms. The van der Waals surface area contributed by atoms with Crippen LogP contribution in [0, 0.1) is 0 Å². The highest BCUT2D eigenvalue weighted by Crippen LogP contribution is 2.13. The smallest absolute Gasteiger partial charge is 0.242 e. The standard InChI is InChI=1S/C17H30N4O3S/c1-5-24-13-7-6-12-19-17(18-2)20-14-15-8-10-16(11-9-15)25(22,23)21(3)4/h8-11H,5-7,12-14H2,1-4H3,(H2,18,19,20). The topological polar surface area (TPSA) is 83.0 Å². The summed E-state index contributed by atoms with van der Waals surface area (Å²) < 4.78 is 30.6. The van der Waals surface area contributed by atoms with Crippen molar-refractivity contribution in [2.24, 2.45) is 4.99 Å². The lowest BCUT2D eigenvalue weighted by Gasteiger charge is -2.13. The molecule has 2 N–H and O–H groups in total. The number of nitrogens with zero attached hydrogens (tertiary/aromatic N) is 2. The molecule has 0 aliphatic rings. The van der Waals surface area contributed by atoms with E-state index < -0.39 is 10.0 Å². The van der Waals surface area contributed by atoms with E-state index in [2.05, 4.69) is 15.6 Å². The van der Waals surface area contributed by atoms with Crippen molar-refractivity contribution in [2.45, 2.75) is 31.2 Å². The number of ether oxygens (including phenoxy) is 1. The Bertz CT molecular complexity index is 628. The van der Waals surface area contributed by atoms with Gasteiger partial charge in [-0.3, -0.25) is 4.99 Å². The minimum Gasteiger partial charge on any atom is -0.382 e. The first-order chi connectivity index (χ1) is 11.9. The molecule has 0 aromatic heterocycles. The Labute approximate surface area is 151 Å². The molecule has 1 aromatic rings. The lowest BCUT2D eigenvalue weighted by molar-refractivity contribution is 0.143. The first-order valence-corrected chi connectivity index (χ1v) is 9.89. The van der Waals surface area contributed by atoms with Gasteiger partial charge in [-0.1, -0.05) is 12.1 Å². The van der Waals surface area contributed by atoms with Crippen LogP contribution in [0.3, 0.4) is 0 Å². The summed E-state index contributed by atoms with van der Waals surface area (Å²) in [5.74, 6) is 0.724. The monoisotopic (exact) mass is 370 g/mol. The molecule has 142 valence electrons. The molecule has 0 saturated heterocycles. The van der Waals surface area contributed by atoms with E-state index in [9.17, 15) is 8.42 Å². The van der Waals surface area contributed by atoms with Crippen LogP contribution in [0.5, 0.6) is 0 Å². The van der Waals surface area contributed by atoms with Gasteiger partial charge in [0.05, 0.1) is 4.90 Å². The third-order valence-electron chi connectivity index (χ3n) is 3.60. The van der Waals surface area contributed by atoms with Gasteiger partial charge in [-0.15, -0.1) is 0 Å². The molecule has 0 fully saturated rings. The van der Waals surface area contributed by atoms with Gasteiger partial charge in [-0.2, -0.15) is 0 Å². The fourth-order valence-electron chi connectivity index (χ4n) is 2.08. The van der Waals surface area contributed by atoms with E-state index in [0.29, 0.717) is 6.54 Å². The Morgan fingerprint density at radius 3 is 2.40 bits per heavy atom. The van der Waals surface area contributed by atoms with Gasteiger partial charge in [0.2, 0.25) is 10.0 Å². The van der Waals surface area contributed by atoms with E-state index in [4.69, 9.17) is 4.74 Å². The van der Waals surface area contributed by atoms with Crippen LogP contribution in [-0.4, -0.2) is 59.6 Å². The highest BCUT2D eigenvalue weighted by atomic mass is 32.2. The van der Waals surface area contributed by atoms with Gasteiger partial charge < -0.3 is 15.4 Å². The fraction of sp³-hybridized carbons (Fsp3) is 0.588. The van der Waals surface area contributed by atoms with Crippen molar-refractivity contribution in [3.05, 3.63) is 29.8 Å². The molecule has 0 saturated carbocycles. The number of hydrogen-bond acceptors (Lipinski definition) is 4. The zero-order valence-corrected chi connectivity index (χ0v) is 16.4. The SMILES string of the molecule is CCOCCCCNC(=NC)NCc1ccc(S(=O)(=O)N(C)C)cc1. The van der Waals surface area contributed by atoms with E-state index in [1.54, 1.807) is 31.3 Å². The molecule has 0 radical (unpaired) electrons. The maximum atomic E-state index is 12.0. The number of unbranched alkanes of at least 4 members (excludes halogenated alkanes) is 1. The summed E-state index contributed by atoms with van der Waals surface area (Å²) in [7, 11) is 1.39. The number of nitrogens with one attached hydrogen (secondary N) is 2. The minimum atomic E-state index is -3.38. The van der Waals surface area contributed by atoms with Crippen molar-refractivity contribution < 1.29 is 13.2 Å². The first-order valence-electron chi connectivity index (χ1n) is 8.45. The molecule has 0 atom stereocenters. The summed E-state index contributed by atoms with van der Waals surface area (Å²) in [6.07, 6.45) is 2.03. The molecule has 0 aliphatic heterocycles. The molecular weight excluding hydrogens is 340 g/mol. The molecular formula is C17H30N4O3S. The van der Waals surface area contributed by atoms with Crippen molar-refractivity contribution in [3.8, 4) is 0 Å². The average molecular weight is 371 g/mol. The van der Waals surface area contributed by atoms with E-state index in [1.807, 2.05) is 6.92 Å². The zero-order valence-electron chi connectivity index (χ0n) is 15.6. The van der Waals surface area contributed by atoms with Gasteiger partial charge in [0.1, 0.15) is 0 Å². The predicted molar refractivity (Wildman–Crippen MR) is 101 cm³/mol. The van der Waals surface area contributed by atoms with Gasteiger partial charge in [-0.05, 0) is 37.5 Å². The third kappa shape index (κ3) is 7.41. The van der Waals surface area contributed by atoms with Crippen LogP contribution in [0.2, 0.25) is 0 Å². The number of hydrogen-bond donors (Lipinski definition) is 2. The minimum absolute atomic E-state index is 0.290. The van der Waals surface area contributed by atoms with E-state index in [0.717, 1.165) is 44.1 Å². The Balaban J connectivity index is 2.43. The lowest BCUT2D eigenvalue weighted by Crippen LogP contribution is -2.37. The highest BCUT2D eigenvalue weighted by Gasteiger charge is 2.16. The van der Waals surface area contributed by atoms with Crippen LogP contribution in [0.15, 0.2) is 34.2 Å². The lowest BCUT2D eigenvalue weighted by atomic mass is 10.2. The Morgan fingerprint density at radius 2 is 1.84 bits per heavy atom. The van der Waals surface area contributed by atoms with Crippen LogP contribution < -0.4 is 10.6 Å². The molecule has 0 unspecified atom stereocenters. The number of sulfonamides is 1. The van der Waals surface area contributed by atoms with Crippen LogP contribution in [0.25, 0.3) is 0 Å². The van der Waals surface area contributed by atoms with Gasteiger partial charge in [-0.25, -0.2) is 12.7 Å². The highest BCUT2D eigenvalue weighted by molar-refractivity contribution is 7.89. The van der Waals surface area contributed by atoms with E-state index in [1.165, 1.54) is 18.4 Å². The summed E-state index contributed by atoms with van der Waals surface area (Å²) >= 11 is 0. The molecule has 0 heterocycles. The molecule has 7 nitrogen and oxygen atoms in total. The van der Waals surface area contributed by atoms with Crippen molar-refractivity contribution in [1.82, 2.24) is 14.9 Å². The summed E-state index contributed by atoms with van der Waals surface area (Å²) in [6, 6.07) is 6.85. The van der Waals surface area contributed by atoms with E-state index >= 15 is 0 Å². The van der Waals surface area contributed by atoms with Crippen molar-refractivity contribution in [2.75, 3.05) is 40.9 Å². The zero-order chi connectivity index (χ0) is 18.7. The second-order valence-electron chi connectivity index (χ2n) is 5.69. The van der Waals surface area contributed by atoms with Crippen LogP contribution in [0.1, 0.15) is 25.3 Å². The molecule has 1 aromatic carbocycles. The van der Waals surface area contributed by atoms with Crippen molar-refractivity contribution in [1.29, 1.82) is 0 Å². The van der Waals surface area contributed by atoms with Crippen molar-refractivity contribution in [3.63, 3.8) is 0 Å². The quantitative estimate of drug-likeness (QED) is 0.370. The Morgan fingerprint density at radius 1 is 1.16 bits per heavy atom. The second kappa shape index (κ2) is 11.1. The summed E-state index contributed by atoms with van der Waals surface area (Å²) in [4.78, 5) is 4.47. The molecule has 0 bridgehead atoms. The van der Waals surface area contributed by atoms with Gasteiger partial charge in [0.15, 0.2) is 5.96 Å². The largest absolute Gasteiger partial charge is 0.382 e. The van der Waals surface area contributed by atoms with Crippen LogP contribution in [-0.2, 0) is 21.3 Å². The van der Waals surface area contributed by atoms with Crippen molar-refractivity contribution >= 4 is 16.0 Å². The summed E-state index contributed by atoms with van der Waals surface area (Å²) in [5, 5.41) is 6.46. The molecule has 25 heavy (non-hydrogen) atoms. The van der Waals surface area contributed by atoms with Gasteiger partial charge >= 0.3 is 0 Å². The maximum Gasteiger partial charge on any atom is 0.242 e. The molecule has 8 heteroatoms. The maximum absolute atomic E-state index is 12.0. The number of rotatable bonds is 10. The number of guanidine groups is 1. The molecule has 1 rings (SSSR count). The van der Waals surface area contributed by atoms with Crippen LogP contribution in [0.4, 0.5) is 0 Å². The second-order valence-corrected chi connectivity index (χ2v) is 7.84.